The van der Waals surface area contributed by atoms with Crippen molar-refractivity contribution in [2.45, 2.75) is 44.8 Å². The van der Waals surface area contributed by atoms with Gasteiger partial charge in [0.25, 0.3) is 0 Å². The third-order valence-corrected chi connectivity index (χ3v) is 4.76. The first-order valence-electron chi connectivity index (χ1n) is 8.51. The molecule has 1 aliphatic heterocycles. The van der Waals surface area contributed by atoms with E-state index in [4.69, 9.17) is 9.15 Å². The molecule has 0 spiro atoms. The molecule has 24 heavy (non-hydrogen) atoms. The number of morpholine rings is 1. The molecule has 2 fully saturated rings. The Morgan fingerprint density at radius 1 is 1.38 bits per heavy atom. The number of hydrogen-bond donors (Lipinski definition) is 0. The number of ketones is 1. The lowest BCUT2D eigenvalue weighted by Crippen LogP contribution is -2.46. The summed E-state index contributed by atoms with van der Waals surface area (Å²) in [6.07, 6.45) is 4.33. The molecule has 2 aromatic rings. The molecule has 0 amide bonds. The molecule has 1 aliphatic carbocycles. The highest BCUT2D eigenvalue weighted by Crippen LogP contribution is 2.36. The Labute approximate surface area is 140 Å². The van der Waals surface area contributed by atoms with Gasteiger partial charge in [-0.25, -0.2) is 0 Å². The minimum Gasteiger partial charge on any atom is -0.461 e. The number of aryl methyl sites for hydroxylation is 1. The van der Waals surface area contributed by atoms with Crippen molar-refractivity contribution in [2.24, 2.45) is 0 Å². The molecule has 1 saturated carbocycles. The van der Waals surface area contributed by atoms with E-state index in [1.807, 2.05) is 6.92 Å². The predicted molar refractivity (Wildman–Crippen MR) is 85.7 cm³/mol. The third-order valence-electron chi connectivity index (χ3n) is 4.76. The Hall–Kier alpha value is -1.99. The Bertz CT molecular complexity index is 705. The Kier molecular flexibility index (Phi) is 4.20. The fourth-order valence-electron chi connectivity index (χ4n) is 3.35. The normalized spacial score (nSPS) is 22.0. The van der Waals surface area contributed by atoms with Crippen LogP contribution in [0.5, 0.6) is 0 Å². The number of hydrogen-bond acceptors (Lipinski definition) is 6. The monoisotopic (exact) mass is 330 g/mol. The van der Waals surface area contributed by atoms with Gasteiger partial charge in [-0.3, -0.25) is 9.69 Å². The summed E-state index contributed by atoms with van der Waals surface area (Å²) >= 11 is 0. The topological polar surface area (TPSA) is 73.4 Å². The van der Waals surface area contributed by atoms with Crippen LogP contribution in [-0.2, 0) is 11.3 Å². The molecule has 4 rings (SSSR count). The molecule has 0 radical (unpaired) electrons. The van der Waals surface area contributed by atoms with E-state index in [-0.39, 0.29) is 11.8 Å². The molecule has 3 heterocycles. The van der Waals surface area contributed by atoms with E-state index in [0.29, 0.717) is 38.0 Å². The molecule has 0 aromatic carbocycles. The zero-order valence-electron chi connectivity index (χ0n) is 13.9. The molecule has 1 saturated heterocycles. The van der Waals surface area contributed by atoms with Gasteiger partial charge in [0.15, 0.2) is 11.5 Å². The van der Waals surface area contributed by atoms with Crippen LogP contribution in [0.1, 0.15) is 47.5 Å². The number of aromatic nitrogens is 3. The van der Waals surface area contributed by atoms with Crippen molar-refractivity contribution in [1.29, 1.82) is 0 Å². The molecule has 0 bridgehead atoms. The third kappa shape index (κ3) is 3.14. The van der Waals surface area contributed by atoms with Crippen LogP contribution in [-0.4, -0.2) is 51.2 Å². The fraction of sp³-hybridized carbons (Fsp3) is 0.588. The molecule has 1 atom stereocenters. The number of carbonyl (C=O) groups excluding carboxylic acids is 1. The molecule has 7 heteroatoms. The number of furan rings is 1. The van der Waals surface area contributed by atoms with Crippen LogP contribution in [0.2, 0.25) is 0 Å². The standard InChI is InChI=1S/C17H22N4O3/c1-12-18-19-17(21(12)13-4-5-13)10-20-6-8-23-11-14(20)9-15(22)16-3-2-7-24-16/h2-3,7,13-14H,4-6,8-11H2,1H3. The first-order chi connectivity index (χ1) is 11.7. The van der Waals surface area contributed by atoms with Crippen LogP contribution < -0.4 is 0 Å². The van der Waals surface area contributed by atoms with E-state index in [1.54, 1.807) is 12.1 Å². The van der Waals surface area contributed by atoms with Gasteiger partial charge in [0.2, 0.25) is 0 Å². The first kappa shape index (κ1) is 15.5. The summed E-state index contributed by atoms with van der Waals surface area (Å²) in [5.74, 6) is 2.40. The maximum atomic E-state index is 12.4. The minimum atomic E-state index is 0.0142. The maximum absolute atomic E-state index is 12.4. The highest BCUT2D eigenvalue weighted by Gasteiger charge is 2.31. The number of rotatable bonds is 6. The maximum Gasteiger partial charge on any atom is 0.199 e. The highest BCUT2D eigenvalue weighted by molar-refractivity contribution is 5.93. The molecule has 128 valence electrons. The SMILES string of the molecule is Cc1nnc(CN2CCOCC2CC(=O)c2ccco2)n1C1CC1. The van der Waals surface area contributed by atoms with Crippen LogP contribution in [0.3, 0.4) is 0 Å². The Morgan fingerprint density at radius 2 is 2.25 bits per heavy atom. The average Bonchev–Trinajstić information content (AvgIpc) is 3.12. The van der Waals surface area contributed by atoms with Crippen molar-refractivity contribution in [3.63, 3.8) is 0 Å². The van der Waals surface area contributed by atoms with Gasteiger partial charge in [0.1, 0.15) is 11.6 Å². The molecular formula is C17H22N4O3. The smallest absolute Gasteiger partial charge is 0.199 e. The van der Waals surface area contributed by atoms with E-state index in [0.717, 1.165) is 18.2 Å². The van der Waals surface area contributed by atoms with Gasteiger partial charge in [-0.05, 0) is 31.9 Å². The van der Waals surface area contributed by atoms with Gasteiger partial charge >= 0.3 is 0 Å². The molecule has 1 unspecified atom stereocenters. The predicted octanol–water partition coefficient (Wildman–Crippen LogP) is 1.99. The molecule has 0 N–H and O–H groups in total. The van der Waals surface area contributed by atoms with Crippen molar-refractivity contribution in [1.82, 2.24) is 19.7 Å². The van der Waals surface area contributed by atoms with Gasteiger partial charge in [-0.15, -0.1) is 10.2 Å². The van der Waals surface area contributed by atoms with E-state index in [9.17, 15) is 4.79 Å². The summed E-state index contributed by atoms with van der Waals surface area (Å²) in [6, 6.07) is 4.05. The lowest BCUT2D eigenvalue weighted by atomic mass is 10.1. The van der Waals surface area contributed by atoms with Crippen molar-refractivity contribution < 1.29 is 13.9 Å². The molecule has 2 aromatic heterocycles. The van der Waals surface area contributed by atoms with Gasteiger partial charge in [-0.2, -0.15) is 0 Å². The van der Waals surface area contributed by atoms with Crippen molar-refractivity contribution in [3.05, 3.63) is 35.8 Å². The second kappa shape index (κ2) is 6.49. The summed E-state index contributed by atoms with van der Waals surface area (Å²) in [5, 5.41) is 8.60. The van der Waals surface area contributed by atoms with Gasteiger partial charge in [0, 0.05) is 25.0 Å². The fourth-order valence-corrected chi connectivity index (χ4v) is 3.35. The summed E-state index contributed by atoms with van der Waals surface area (Å²) in [4.78, 5) is 14.6. The van der Waals surface area contributed by atoms with Gasteiger partial charge in [-0.1, -0.05) is 0 Å². The van der Waals surface area contributed by atoms with E-state index >= 15 is 0 Å². The summed E-state index contributed by atoms with van der Waals surface area (Å²) in [7, 11) is 0. The van der Waals surface area contributed by atoms with Crippen molar-refractivity contribution in [3.8, 4) is 0 Å². The quantitative estimate of drug-likeness (QED) is 0.754. The molecule has 7 nitrogen and oxygen atoms in total. The first-order valence-corrected chi connectivity index (χ1v) is 8.51. The number of carbonyl (C=O) groups is 1. The van der Waals surface area contributed by atoms with Crippen LogP contribution in [0, 0.1) is 6.92 Å². The summed E-state index contributed by atoms with van der Waals surface area (Å²) in [6.45, 7) is 4.75. The second-order valence-corrected chi connectivity index (χ2v) is 6.57. The van der Waals surface area contributed by atoms with E-state index in [1.165, 1.54) is 19.1 Å². The minimum absolute atomic E-state index is 0.0142. The average molecular weight is 330 g/mol. The number of Topliss-reactive ketones (excluding diaryl/α,β-unsaturated/α-hetero) is 1. The second-order valence-electron chi connectivity index (χ2n) is 6.57. The van der Waals surface area contributed by atoms with Crippen LogP contribution >= 0.6 is 0 Å². The zero-order chi connectivity index (χ0) is 16.5. The van der Waals surface area contributed by atoms with Gasteiger partial charge < -0.3 is 13.7 Å². The summed E-state index contributed by atoms with van der Waals surface area (Å²) < 4.78 is 13.1. The zero-order valence-corrected chi connectivity index (χ0v) is 13.9. The highest BCUT2D eigenvalue weighted by atomic mass is 16.5. The lowest BCUT2D eigenvalue weighted by molar-refractivity contribution is -0.0143. The largest absolute Gasteiger partial charge is 0.461 e. The Balaban J connectivity index is 1.47. The number of nitrogens with zero attached hydrogens (tertiary/aromatic N) is 4. The van der Waals surface area contributed by atoms with Gasteiger partial charge in [0.05, 0.1) is 26.0 Å². The van der Waals surface area contributed by atoms with Crippen molar-refractivity contribution >= 4 is 5.78 Å². The number of ether oxygens (including phenoxy) is 1. The molecular weight excluding hydrogens is 308 g/mol. The molecule has 2 aliphatic rings. The van der Waals surface area contributed by atoms with Crippen LogP contribution in [0.25, 0.3) is 0 Å². The Morgan fingerprint density at radius 3 is 3.00 bits per heavy atom. The summed E-state index contributed by atoms with van der Waals surface area (Å²) in [5.41, 5.74) is 0. The lowest BCUT2D eigenvalue weighted by Gasteiger charge is -2.34. The van der Waals surface area contributed by atoms with Crippen molar-refractivity contribution in [2.75, 3.05) is 19.8 Å². The van der Waals surface area contributed by atoms with Crippen LogP contribution in [0.4, 0.5) is 0 Å². The van der Waals surface area contributed by atoms with Crippen LogP contribution in [0.15, 0.2) is 22.8 Å². The van der Waals surface area contributed by atoms with E-state index in [2.05, 4.69) is 19.7 Å². The van der Waals surface area contributed by atoms with E-state index < -0.39 is 0 Å².